The molecule has 0 N–H and O–H groups in total. The number of hydrogen-bond donors (Lipinski definition) is 0. The number of methoxy groups -OCH3 is 1. The zero-order valence-electron chi connectivity index (χ0n) is 16.8. The summed E-state index contributed by atoms with van der Waals surface area (Å²) in [7, 11) is -2.15. The Labute approximate surface area is 181 Å². The van der Waals surface area contributed by atoms with Gasteiger partial charge >= 0.3 is 0 Å². The molecule has 0 spiro atoms. The number of rotatable bonds is 6. The van der Waals surface area contributed by atoms with Crippen LogP contribution in [0.15, 0.2) is 47.4 Å². The summed E-state index contributed by atoms with van der Waals surface area (Å²) in [6, 6.07) is 11.1. The Morgan fingerprint density at radius 2 is 1.77 bits per heavy atom. The lowest BCUT2D eigenvalue weighted by atomic mass is 10.0. The second kappa shape index (κ2) is 9.16. The molecule has 30 heavy (non-hydrogen) atoms. The van der Waals surface area contributed by atoms with Crippen molar-refractivity contribution in [3.8, 4) is 5.75 Å². The van der Waals surface area contributed by atoms with Crippen LogP contribution in [0.25, 0.3) is 0 Å². The number of nitrogens with zero attached hydrogens (tertiary/aromatic N) is 2. The molecule has 0 atom stereocenters. The molecule has 7 nitrogen and oxygen atoms in total. The van der Waals surface area contributed by atoms with Gasteiger partial charge in [-0.1, -0.05) is 17.7 Å². The standard InChI is InChI=1S/C21H23ClN2O5S/c1-15(25)16-6-7-20(29-2)17(12-16)13-21(26)23-8-10-24(11-9-23)30(27,28)19-5-3-4-18(22)14-19/h3-7,12,14H,8-11,13H2,1-2H3. The molecule has 1 aliphatic heterocycles. The molecule has 0 unspecified atom stereocenters. The van der Waals surface area contributed by atoms with E-state index in [0.717, 1.165) is 0 Å². The first-order valence-corrected chi connectivity index (χ1v) is 11.3. The molecular weight excluding hydrogens is 428 g/mol. The summed E-state index contributed by atoms with van der Waals surface area (Å²) in [5.41, 5.74) is 1.14. The van der Waals surface area contributed by atoms with Crippen LogP contribution in [0, 0.1) is 0 Å². The molecule has 1 fully saturated rings. The third kappa shape index (κ3) is 4.83. The molecule has 0 aliphatic carbocycles. The molecule has 160 valence electrons. The predicted molar refractivity (Wildman–Crippen MR) is 113 cm³/mol. The van der Waals surface area contributed by atoms with Crippen LogP contribution in [0.2, 0.25) is 5.02 Å². The molecule has 1 saturated heterocycles. The van der Waals surface area contributed by atoms with Crippen LogP contribution in [0.4, 0.5) is 0 Å². The lowest BCUT2D eigenvalue weighted by molar-refractivity contribution is -0.131. The Hall–Kier alpha value is -2.42. The van der Waals surface area contributed by atoms with Gasteiger partial charge in [0, 0.05) is 42.3 Å². The molecule has 0 bridgehead atoms. The summed E-state index contributed by atoms with van der Waals surface area (Å²) >= 11 is 5.92. The highest BCUT2D eigenvalue weighted by Crippen LogP contribution is 2.23. The van der Waals surface area contributed by atoms with Gasteiger partial charge in [-0.2, -0.15) is 4.31 Å². The number of carbonyl (C=O) groups is 2. The highest BCUT2D eigenvalue weighted by Gasteiger charge is 2.30. The monoisotopic (exact) mass is 450 g/mol. The zero-order chi connectivity index (χ0) is 21.9. The minimum Gasteiger partial charge on any atom is -0.496 e. The molecule has 1 heterocycles. The van der Waals surface area contributed by atoms with Gasteiger partial charge in [0.2, 0.25) is 15.9 Å². The second-order valence-corrected chi connectivity index (χ2v) is 9.38. The first-order valence-electron chi connectivity index (χ1n) is 9.43. The molecule has 3 rings (SSSR count). The fourth-order valence-corrected chi connectivity index (χ4v) is 5.09. The third-order valence-electron chi connectivity index (χ3n) is 5.05. The van der Waals surface area contributed by atoms with Gasteiger partial charge in [0.1, 0.15) is 5.75 Å². The van der Waals surface area contributed by atoms with E-state index in [1.807, 2.05) is 0 Å². The Kier molecular flexibility index (Phi) is 6.80. The SMILES string of the molecule is COc1ccc(C(C)=O)cc1CC(=O)N1CCN(S(=O)(=O)c2cccc(Cl)c2)CC1. The van der Waals surface area contributed by atoms with Gasteiger partial charge in [0.25, 0.3) is 0 Å². The molecule has 0 radical (unpaired) electrons. The minimum atomic E-state index is -3.66. The number of sulfonamides is 1. The van der Waals surface area contributed by atoms with Crippen LogP contribution < -0.4 is 4.74 Å². The first kappa shape index (κ1) is 22.3. The molecule has 2 aromatic rings. The Morgan fingerprint density at radius 3 is 2.37 bits per heavy atom. The number of hydrogen-bond acceptors (Lipinski definition) is 5. The lowest BCUT2D eigenvalue weighted by Gasteiger charge is -2.34. The summed E-state index contributed by atoms with van der Waals surface area (Å²) in [5.74, 6) is 0.301. The van der Waals surface area contributed by atoms with Gasteiger partial charge in [0.15, 0.2) is 5.78 Å². The van der Waals surface area contributed by atoms with Crippen LogP contribution in [-0.4, -0.2) is 62.6 Å². The summed E-state index contributed by atoms with van der Waals surface area (Å²) in [6.07, 6.45) is 0.0747. The third-order valence-corrected chi connectivity index (χ3v) is 7.18. The van der Waals surface area contributed by atoms with Crippen molar-refractivity contribution in [1.82, 2.24) is 9.21 Å². The number of ether oxygens (including phenoxy) is 1. The highest BCUT2D eigenvalue weighted by molar-refractivity contribution is 7.89. The van der Waals surface area contributed by atoms with Crippen LogP contribution in [-0.2, 0) is 21.2 Å². The quantitative estimate of drug-likeness (QED) is 0.632. The van der Waals surface area contributed by atoms with Gasteiger partial charge in [-0.15, -0.1) is 0 Å². The van der Waals surface area contributed by atoms with E-state index in [2.05, 4.69) is 0 Å². The number of ketones is 1. The van der Waals surface area contributed by atoms with E-state index in [9.17, 15) is 18.0 Å². The lowest BCUT2D eigenvalue weighted by Crippen LogP contribution is -2.50. The molecule has 1 aliphatic rings. The van der Waals surface area contributed by atoms with E-state index in [0.29, 0.717) is 21.9 Å². The smallest absolute Gasteiger partial charge is 0.243 e. The topological polar surface area (TPSA) is 84.0 Å². The maximum Gasteiger partial charge on any atom is 0.243 e. The number of halogens is 1. The van der Waals surface area contributed by atoms with Crippen LogP contribution in [0.3, 0.4) is 0 Å². The van der Waals surface area contributed by atoms with Crippen molar-refractivity contribution in [2.45, 2.75) is 18.2 Å². The predicted octanol–water partition coefficient (Wildman–Crippen LogP) is 2.63. The number of Topliss-reactive ketones (excluding diaryl/α,β-unsaturated/α-hetero) is 1. The van der Waals surface area contributed by atoms with Crippen molar-refractivity contribution in [1.29, 1.82) is 0 Å². The van der Waals surface area contributed by atoms with Crippen molar-refractivity contribution in [2.75, 3.05) is 33.3 Å². The van der Waals surface area contributed by atoms with E-state index in [4.69, 9.17) is 16.3 Å². The van der Waals surface area contributed by atoms with Crippen molar-refractivity contribution < 1.29 is 22.7 Å². The summed E-state index contributed by atoms with van der Waals surface area (Å²) < 4.78 is 32.3. The summed E-state index contributed by atoms with van der Waals surface area (Å²) in [5, 5.41) is 0.353. The molecule has 0 aromatic heterocycles. The number of benzene rings is 2. The average Bonchev–Trinajstić information content (AvgIpc) is 2.73. The number of amides is 1. The molecule has 0 saturated carbocycles. The van der Waals surface area contributed by atoms with Gasteiger partial charge in [-0.3, -0.25) is 9.59 Å². The maximum absolute atomic E-state index is 12.8. The minimum absolute atomic E-state index is 0.0747. The Morgan fingerprint density at radius 1 is 1.07 bits per heavy atom. The Balaban J connectivity index is 1.67. The fraction of sp³-hybridized carbons (Fsp3) is 0.333. The summed E-state index contributed by atoms with van der Waals surface area (Å²) in [6.45, 7) is 2.43. The van der Waals surface area contributed by atoms with Crippen molar-refractivity contribution in [3.63, 3.8) is 0 Å². The van der Waals surface area contributed by atoms with E-state index >= 15 is 0 Å². The molecular formula is C21H23ClN2O5S. The van der Waals surface area contributed by atoms with E-state index in [1.165, 1.54) is 30.5 Å². The molecule has 9 heteroatoms. The summed E-state index contributed by atoms with van der Waals surface area (Å²) in [4.78, 5) is 26.2. The fourth-order valence-electron chi connectivity index (χ4n) is 3.36. The molecule has 1 amide bonds. The van der Waals surface area contributed by atoms with Crippen LogP contribution >= 0.6 is 11.6 Å². The van der Waals surface area contributed by atoms with Gasteiger partial charge in [0.05, 0.1) is 18.4 Å². The highest BCUT2D eigenvalue weighted by atomic mass is 35.5. The van der Waals surface area contributed by atoms with Crippen LogP contribution in [0.5, 0.6) is 5.75 Å². The number of piperazine rings is 1. The van der Waals surface area contributed by atoms with Crippen LogP contribution in [0.1, 0.15) is 22.8 Å². The zero-order valence-corrected chi connectivity index (χ0v) is 18.4. The van der Waals surface area contributed by atoms with E-state index < -0.39 is 10.0 Å². The normalized spacial score (nSPS) is 15.1. The van der Waals surface area contributed by atoms with Gasteiger partial charge in [-0.05, 0) is 43.3 Å². The maximum atomic E-state index is 12.8. The molecule has 2 aromatic carbocycles. The van der Waals surface area contributed by atoms with Crippen molar-refractivity contribution in [2.24, 2.45) is 0 Å². The largest absolute Gasteiger partial charge is 0.496 e. The van der Waals surface area contributed by atoms with Crippen molar-refractivity contribution in [3.05, 3.63) is 58.6 Å². The first-order chi connectivity index (χ1) is 14.2. The Bertz CT molecular complexity index is 1060. The van der Waals surface area contributed by atoms with E-state index in [1.54, 1.807) is 35.2 Å². The second-order valence-electron chi connectivity index (χ2n) is 7.00. The average molecular weight is 451 g/mol. The number of carbonyl (C=O) groups excluding carboxylic acids is 2. The van der Waals surface area contributed by atoms with E-state index in [-0.39, 0.29) is 49.2 Å². The van der Waals surface area contributed by atoms with Crippen molar-refractivity contribution >= 4 is 33.3 Å². The van der Waals surface area contributed by atoms with Gasteiger partial charge < -0.3 is 9.64 Å². The van der Waals surface area contributed by atoms with Gasteiger partial charge in [-0.25, -0.2) is 8.42 Å².